The van der Waals surface area contributed by atoms with Crippen molar-refractivity contribution in [1.29, 1.82) is 0 Å². The van der Waals surface area contributed by atoms with E-state index in [4.69, 9.17) is 10.6 Å². The van der Waals surface area contributed by atoms with Crippen LogP contribution in [0, 0.1) is 13.8 Å². The van der Waals surface area contributed by atoms with Crippen molar-refractivity contribution >= 4 is 15.7 Å². The Bertz CT molecular complexity index is 535. The number of ether oxygens (including phenoxy) is 1. The molecule has 20 heavy (non-hydrogen) atoms. The van der Waals surface area contributed by atoms with Crippen molar-refractivity contribution in [2.45, 2.75) is 25.7 Å². The number of benzene rings is 1. The van der Waals surface area contributed by atoms with Gasteiger partial charge in [-0.1, -0.05) is 6.92 Å². The van der Waals surface area contributed by atoms with E-state index in [1.807, 2.05) is 6.92 Å². The Kier molecular flexibility index (Phi) is 5.94. The van der Waals surface area contributed by atoms with Gasteiger partial charge in [0.2, 0.25) is 10.0 Å². The quantitative estimate of drug-likeness (QED) is 0.585. The van der Waals surface area contributed by atoms with Crippen molar-refractivity contribution in [3.8, 4) is 0 Å². The minimum absolute atomic E-state index is 0.338. The maximum atomic E-state index is 12.7. The van der Waals surface area contributed by atoms with Crippen LogP contribution in [0.25, 0.3) is 0 Å². The lowest BCUT2D eigenvalue weighted by molar-refractivity contribution is 0.180. The van der Waals surface area contributed by atoms with Gasteiger partial charge in [-0.3, -0.25) is 5.84 Å². The Labute approximate surface area is 120 Å². The molecule has 0 aromatic heterocycles. The first kappa shape index (κ1) is 16.9. The molecule has 0 fully saturated rings. The van der Waals surface area contributed by atoms with Crippen LogP contribution in [0.2, 0.25) is 0 Å². The fourth-order valence-corrected chi connectivity index (χ4v) is 4.06. The van der Waals surface area contributed by atoms with Crippen LogP contribution in [0.1, 0.15) is 18.1 Å². The predicted octanol–water partition coefficient (Wildman–Crippen LogP) is 1.25. The van der Waals surface area contributed by atoms with Gasteiger partial charge in [-0.2, -0.15) is 4.31 Å². The van der Waals surface area contributed by atoms with Crippen molar-refractivity contribution in [2.24, 2.45) is 5.84 Å². The summed E-state index contributed by atoms with van der Waals surface area (Å²) >= 11 is 0. The van der Waals surface area contributed by atoms with Crippen LogP contribution in [0.15, 0.2) is 17.0 Å². The summed E-state index contributed by atoms with van der Waals surface area (Å²) in [4.78, 5) is 0.342. The third kappa shape index (κ3) is 3.49. The van der Waals surface area contributed by atoms with Crippen LogP contribution < -0.4 is 11.3 Å². The van der Waals surface area contributed by atoms with Gasteiger partial charge in [0.25, 0.3) is 0 Å². The number of nitrogens with two attached hydrogens (primary N) is 1. The van der Waals surface area contributed by atoms with Gasteiger partial charge in [-0.05, 0) is 37.1 Å². The third-order valence-electron chi connectivity index (χ3n) is 3.12. The zero-order chi connectivity index (χ0) is 15.3. The van der Waals surface area contributed by atoms with Crippen LogP contribution in [0.5, 0.6) is 0 Å². The number of nitrogen functional groups attached to an aromatic ring is 1. The lowest BCUT2D eigenvalue weighted by atomic mass is 10.1. The van der Waals surface area contributed by atoms with Gasteiger partial charge in [-0.25, -0.2) is 8.42 Å². The van der Waals surface area contributed by atoms with Gasteiger partial charge in [-0.15, -0.1) is 0 Å². The van der Waals surface area contributed by atoms with Gasteiger partial charge < -0.3 is 10.2 Å². The van der Waals surface area contributed by atoms with Crippen LogP contribution >= 0.6 is 0 Å². The Balaban J connectivity index is 3.27. The molecule has 0 aliphatic carbocycles. The number of hydrazine groups is 1. The molecule has 0 radical (unpaired) electrons. The summed E-state index contributed by atoms with van der Waals surface area (Å²) in [5.74, 6) is 5.37. The first-order valence-electron chi connectivity index (χ1n) is 6.45. The Morgan fingerprint density at radius 1 is 1.30 bits per heavy atom. The van der Waals surface area contributed by atoms with Crippen LogP contribution in [0.4, 0.5) is 5.69 Å². The smallest absolute Gasteiger partial charge is 0.243 e. The summed E-state index contributed by atoms with van der Waals surface area (Å²) in [6, 6.07) is 3.45. The number of anilines is 1. The average Bonchev–Trinajstić information content (AvgIpc) is 2.37. The van der Waals surface area contributed by atoms with E-state index in [0.29, 0.717) is 41.4 Å². The summed E-state index contributed by atoms with van der Waals surface area (Å²) in [7, 11) is -1.97. The Hall–Kier alpha value is -1.15. The predicted molar refractivity (Wildman–Crippen MR) is 80.0 cm³/mol. The zero-order valence-corrected chi connectivity index (χ0v) is 13.3. The summed E-state index contributed by atoms with van der Waals surface area (Å²) in [6.07, 6.45) is 0. The molecule has 0 saturated carbocycles. The molecule has 0 aliphatic rings. The molecule has 0 bridgehead atoms. The second-order valence-corrected chi connectivity index (χ2v) is 6.45. The first-order valence-corrected chi connectivity index (χ1v) is 7.89. The molecule has 1 rings (SSSR count). The molecular weight excluding hydrogens is 278 g/mol. The minimum Gasteiger partial charge on any atom is -0.383 e. The lowest BCUT2D eigenvalue weighted by Gasteiger charge is -2.23. The standard InChI is InChI=1S/C13H23N3O3S/c1-5-16(6-7-19-4)20(17,18)13-10(2)8-12(15-14)9-11(13)3/h8-9,15H,5-7,14H2,1-4H3. The normalized spacial score (nSPS) is 11.9. The van der Waals surface area contributed by atoms with Gasteiger partial charge in [0, 0.05) is 25.9 Å². The molecule has 114 valence electrons. The molecular formula is C13H23N3O3S. The van der Waals surface area contributed by atoms with E-state index in [0.717, 1.165) is 0 Å². The average molecular weight is 301 g/mol. The van der Waals surface area contributed by atoms with E-state index >= 15 is 0 Å². The van der Waals surface area contributed by atoms with Crippen LogP contribution in [-0.2, 0) is 14.8 Å². The first-order chi connectivity index (χ1) is 9.38. The van der Waals surface area contributed by atoms with E-state index in [9.17, 15) is 8.42 Å². The molecule has 0 aliphatic heterocycles. The molecule has 7 heteroatoms. The Morgan fingerprint density at radius 2 is 1.85 bits per heavy atom. The molecule has 6 nitrogen and oxygen atoms in total. The minimum atomic E-state index is -3.52. The van der Waals surface area contributed by atoms with E-state index in [1.165, 1.54) is 4.31 Å². The fourth-order valence-electron chi connectivity index (χ4n) is 2.21. The van der Waals surface area contributed by atoms with Gasteiger partial charge >= 0.3 is 0 Å². The van der Waals surface area contributed by atoms with Gasteiger partial charge in [0.1, 0.15) is 0 Å². The van der Waals surface area contributed by atoms with Gasteiger partial charge in [0.05, 0.1) is 11.5 Å². The molecule has 1 aromatic carbocycles. The topological polar surface area (TPSA) is 84.7 Å². The van der Waals surface area contributed by atoms with Crippen molar-refractivity contribution in [2.75, 3.05) is 32.2 Å². The van der Waals surface area contributed by atoms with Crippen molar-refractivity contribution in [1.82, 2.24) is 4.31 Å². The molecule has 0 amide bonds. The number of rotatable bonds is 7. The molecule has 3 N–H and O–H groups in total. The Morgan fingerprint density at radius 3 is 2.25 bits per heavy atom. The van der Waals surface area contributed by atoms with Gasteiger partial charge in [0.15, 0.2) is 0 Å². The SMILES string of the molecule is CCN(CCOC)S(=O)(=O)c1c(C)cc(NN)cc1C. The number of likely N-dealkylation sites (N-methyl/N-ethyl adjacent to an activating group) is 1. The number of aryl methyl sites for hydroxylation is 2. The zero-order valence-electron chi connectivity index (χ0n) is 12.4. The lowest BCUT2D eigenvalue weighted by Crippen LogP contribution is -2.34. The molecule has 1 aromatic rings. The number of nitrogens with zero attached hydrogens (tertiary/aromatic N) is 1. The summed E-state index contributed by atoms with van der Waals surface area (Å²) in [5, 5.41) is 0. The van der Waals surface area contributed by atoms with E-state index in [2.05, 4.69) is 5.43 Å². The fraction of sp³-hybridized carbons (Fsp3) is 0.538. The highest BCUT2D eigenvalue weighted by atomic mass is 32.2. The van der Waals surface area contributed by atoms with E-state index < -0.39 is 10.0 Å². The summed E-state index contributed by atoms with van der Waals surface area (Å²) in [5.41, 5.74) is 4.58. The maximum absolute atomic E-state index is 12.7. The highest BCUT2D eigenvalue weighted by Crippen LogP contribution is 2.26. The monoisotopic (exact) mass is 301 g/mol. The number of methoxy groups -OCH3 is 1. The number of nitrogens with one attached hydrogen (secondary N) is 1. The molecule has 0 heterocycles. The number of sulfonamides is 1. The second kappa shape index (κ2) is 7.03. The molecule has 0 unspecified atom stereocenters. The second-order valence-electron chi connectivity index (χ2n) is 4.57. The summed E-state index contributed by atoms with van der Waals surface area (Å²) in [6.45, 7) is 6.46. The van der Waals surface area contributed by atoms with E-state index in [-0.39, 0.29) is 0 Å². The van der Waals surface area contributed by atoms with Crippen molar-refractivity contribution in [3.05, 3.63) is 23.3 Å². The molecule has 0 spiro atoms. The van der Waals surface area contributed by atoms with Crippen molar-refractivity contribution in [3.63, 3.8) is 0 Å². The number of hydrogen-bond donors (Lipinski definition) is 2. The highest BCUT2D eigenvalue weighted by Gasteiger charge is 2.26. The maximum Gasteiger partial charge on any atom is 0.243 e. The van der Waals surface area contributed by atoms with Crippen molar-refractivity contribution < 1.29 is 13.2 Å². The highest BCUT2D eigenvalue weighted by molar-refractivity contribution is 7.89. The van der Waals surface area contributed by atoms with E-state index in [1.54, 1.807) is 33.1 Å². The largest absolute Gasteiger partial charge is 0.383 e. The molecule has 0 atom stereocenters. The summed E-state index contributed by atoms with van der Waals surface area (Å²) < 4.78 is 31.8. The molecule has 0 saturated heterocycles. The number of hydrogen-bond acceptors (Lipinski definition) is 5. The van der Waals surface area contributed by atoms with Crippen LogP contribution in [-0.4, -0.2) is 39.5 Å². The third-order valence-corrected chi connectivity index (χ3v) is 5.40. The van der Waals surface area contributed by atoms with Crippen LogP contribution in [0.3, 0.4) is 0 Å².